The van der Waals surface area contributed by atoms with Gasteiger partial charge in [-0.25, -0.2) is 0 Å². The molecular formula is C21H25N7O. The molecule has 2 heterocycles. The van der Waals surface area contributed by atoms with Gasteiger partial charge in [0.2, 0.25) is 0 Å². The summed E-state index contributed by atoms with van der Waals surface area (Å²) in [5, 5.41) is 23.6. The Morgan fingerprint density at radius 2 is 1.97 bits per heavy atom. The van der Waals surface area contributed by atoms with Crippen molar-refractivity contribution in [1.82, 2.24) is 14.8 Å². The van der Waals surface area contributed by atoms with Gasteiger partial charge < -0.3 is 15.7 Å². The molecule has 150 valence electrons. The number of benzene rings is 1. The Labute approximate surface area is 168 Å². The van der Waals surface area contributed by atoms with Crippen molar-refractivity contribution in [3.05, 3.63) is 52.4 Å². The molecule has 8 nitrogen and oxygen atoms in total. The van der Waals surface area contributed by atoms with Crippen LogP contribution in [0.5, 0.6) is 0 Å². The zero-order chi connectivity index (χ0) is 20.1. The number of azo groups is 1. The lowest BCUT2D eigenvalue weighted by molar-refractivity contribution is 0.338. The van der Waals surface area contributed by atoms with E-state index >= 15 is 0 Å². The van der Waals surface area contributed by atoms with Crippen LogP contribution in [-0.2, 0) is 6.54 Å². The average molecular weight is 391 g/mol. The molecule has 0 aliphatic heterocycles. The van der Waals surface area contributed by atoms with Gasteiger partial charge in [0.1, 0.15) is 5.39 Å². The monoisotopic (exact) mass is 391 g/mol. The molecule has 0 radical (unpaired) electrons. The second kappa shape index (κ2) is 8.81. The highest BCUT2D eigenvalue weighted by Crippen LogP contribution is 2.32. The van der Waals surface area contributed by atoms with Gasteiger partial charge in [-0.3, -0.25) is 9.48 Å². The number of nitrogens with one attached hydrogen (secondary N) is 3. The molecule has 29 heavy (non-hydrogen) atoms. The van der Waals surface area contributed by atoms with E-state index in [1.807, 2.05) is 35.0 Å². The number of aromatic amines is 1. The minimum Gasteiger partial charge on any atom is -0.338 e. The maximum Gasteiger partial charge on any atom is 0.261 e. The highest BCUT2D eigenvalue weighted by atomic mass is 16.1. The number of H-pyrrole nitrogens is 1. The largest absolute Gasteiger partial charge is 0.338 e. The van der Waals surface area contributed by atoms with Crippen LogP contribution in [0.25, 0.3) is 10.9 Å². The van der Waals surface area contributed by atoms with Gasteiger partial charge in [-0.15, -0.1) is 0 Å². The molecule has 0 spiro atoms. The van der Waals surface area contributed by atoms with Crippen LogP contribution < -0.4 is 10.9 Å². The Morgan fingerprint density at radius 3 is 2.72 bits per heavy atom. The maximum absolute atomic E-state index is 12.5. The minimum atomic E-state index is -0.129. The van der Waals surface area contributed by atoms with Crippen molar-refractivity contribution in [2.45, 2.75) is 44.7 Å². The lowest BCUT2D eigenvalue weighted by Gasteiger charge is -2.22. The van der Waals surface area contributed by atoms with E-state index in [1.165, 1.54) is 25.5 Å². The van der Waals surface area contributed by atoms with Gasteiger partial charge in [-0.05, 0) is 36.6 Å². The van der Waals surface area contributed by atoms with Crippen LogP contribution >= 0.6 is 0 Å². The number of pyridine rings is 1. The molecule has 0 amide bonds. The van der Waals surface area contributed by atoms with Gasteiger partial charge in [0.25, 0.3) is 5.56 Å². The fourth-order valence-electron chi connectivity index (χ4n) is 3.85. The fraction of sp³-hybridized carbons (Fsp3) is 0.381. The van der Waals surface area contributed by atoms with Crippen LogP contribution in [0.4, 0.5) is 11.5 Å². The first kappa shape index (κ1) is 19.0. The minimum absolute atomic E-state index is 0.129. The topological polar surface area (TPSA) is 111 Å². The van der Waals surface area contributed by atoms with E-state index in [0.717, 1.165) is 29.6 Å². The van der Waals surface area contributed by atoms with E-state index in [-0.39, 0.29) is 5.56 Å². The zero-order valence-electron chi connectivity index (χ0n) is 16.3. The van der Waals surface area contributed by atoms with Crippen LogP contribution in [0.15, 0.2) is 51.6 Å². The molecule has 3 aromatic rings. The summed E-state index contributed by atoms with van der Waals surface area (Å²) < 4.78 is 2.03. The Hall–Kier alpha value is -3.29. The number of aromatic nitrogens is 3. The lowest BCUT2D eigenvalue weighted by atomic mass is 9.95. The van der Waals surface area contributed by atoms with Gasteiger partial charge >= 0.3 is 0 Å². The van der Waals surface area contributed by atoms with Crippen LogP contribution in [0.1, 0.15) is 43.7 Å². The van der Waals surface area contributed by atoms with Crippen molar-refractivity contribution < 1.29 is 0 Å². The molecular weight excluding hydrogens is 366 g/mol. The van der Waals surface area contributed by atoms with Gasteiger partial charge in [0, 0.05) is 18.1 Å². The summed E-state index contributed by atoms with van der Waals surface area (Å²) in [4.78, 5) is 15.3. The molecule has 0 saturated heterocycles. The van der Waals surface area contributed by atoms with Crippen LogP contribution in [0, 0.1) is 5.41 Å². The van der Waals surface area contributed by atoms with Crippen LogP contribution in [0.3, 0.4) is 0 Å². The Balaban J connectivity index is 1.59. The van der Waals surface area contributed by atoms with Gasteiger partial charge in [-0.1, -0.05) is 31.4 Å². The molecule has 2 aromatic heterocycles. The van der Waals surface area contributed by atoms with Crippen molar-refractivity contribution in [3.8, 4) is 0 Å². The molecule has 1 aliphatic rings. The van der Waals surface area contributed by atoms with Crippen molar-refractivity contribution in [2.75, 3.05) is 11.9 Å². The third-order valence-electron chi connectivity index (χ3n) is 5.29. The van der Waals surface area contributed by atoms with E-state index in [0.29, 0.717) is 30.3 Å². The summed E-state index contributed by atoms with van der Waals surface area (Å²) >= 11 is 0. The summed E-state index contributed by atoms with van der Waals surface area (Å²) in [6.45, 7) is 0.790. The summed E-state index contributed by atoms with van der Waals surface area (Å²) in [7, 11) is 0. The molecule has 1 fully saturated rings. The third-order valence-corrected chi connectivity index (χ3v) is 5.29. The molecule has 0 unspecified atom stereocenters. The molecule has 0 bridgehead atoms. The zero-order valence-corrected chi connectivity index (χ0v) is 16.3. The van der Waals surface area contributed by atoms with Crippen LogP contribution in [-0.4, -0.2) is 27.5 Å². The first-order valence-corrected chi connectivity index (χ1v) is 10.0. The van der Waals surface area contributed by atoms with Gasteiger partial charge in [0.05, 0.1) is 24.6 Å². The lowest BCUT2D eigenvalue weighted by Crippen LogP contribution is -2.14. The normalized spacial score (nSPS) is 15.2. The maximum atomic E-state index is 12.5. The second-order valence-corrected chi connectivity index (χ2v) is 7.30. The Morgan fingerprint density at radius 1 is 1.17 bits per heavy atom. The number of fused-ring (bicyclic) bond motifs is 1. The third kappa shape index (κ3) is 4.26. The predicted molar refractivity (Wildman–Crippen MR) is 114 cm³/mol. The van der Waals surface area contributed by atoms with Crippen molar-refractivity contribution in [2.24, 2.45) is 10.2 Å². The molecule has 1 aliphatic carbocycles. The molecule has 1 aromatic carbocycles. The number of anilines is 2. The summed E-state index contributed by atoms with van der Waals surface area (Å²) in [5.41, 5.74) is 2.64. The van der Waals surface area contributed by atoms with Crippen LogP contribution in [0.2, 0.25) is 0 Å². The van der Waals surface area contributed by atoms with E-state index in [1.54, 1.807) is 6.20 Å². The smallest absolute Gasteiger partial charge is 0.261 e. The van der Waals surface area contributed by atoms with Crippen molar-refractivity contribution in [3.63, 3.8) is 0 Å². The van der Waals surface area contributed by atoms with E-state index in [9.17, 15) is 4.79 Å². The Bertz CT molecular complexity index is 1060. The molecule has 1 saturated carbocycles. The van der Waals surface area contributed by atoms with E-state index < -0.39 is 0 Å². The number of rotatable bonds is 7. The van der Waals surface area contributed by atoms with Crippen molar-refractivity contribution >= 4 is 28.6 Å². The van der Waals surface area contributed by atoms with Gasteiger partial charge in [-0.2, -0.15) is 15.3 Å². The molecule has 4 rings (SSSR count). The van der Waals surface area contributed by atoms with Gasteiger partial charge in [0.15, 0.2) is 5.82 Å². The molecule has 3 N–H and O–H groups in total. The standard InChI is InChI=1S/C21H25N7O/c22-11-13-24-25-14-15-6-8-16(9-7-15)26-20-19-18(10-12-23-21(19)29)28(27-20)17-4-2-1-3-5-17/h6-12,17,22H,1-5,13-14H2,(H,23,29)(H,26,27). The first-order chi connectivity index (χ1) is 14.3. The highest BCUT2D eigenvalue weighted by Gasteiger charge is 2.21. The number of hydrogen-bond donors (Lipinski definition) is 3. The summed E-state index contributed by atoms with van der Waals surface area (Å²) in [6.07, 6.45) is 8.79. The number of nitrogens with zero attached hydrogens (tertiary/aromatic N) is 4. The first-order valence-electron chi connectivity index (χ1n) is 10.0. The quantitative estimate of drug-likeness (QED) is 0.405. The average Bonchev–Trinajstić information content (AvgIpc) is 3.13. The predicted octanol–water partition coefficient (Wildman–Crippen LogP) is 4.58. The second-order valence-electron chi connectivity index (χ2n) is 7.30. The summed E-state index contributed by atoms with van der Waals surface area (Å²) in [6, 6.07) is 10.1. The molecule has 8 heteroatoms. The van der Waals surface area contributed by atoms with E-state index in [4.69, 9.17) is 10.5 Å². The Kier molecular flexibility index (Phi) is 5.79. The highest BCUT2D eigenvalue weighted by molar-refractivity contribution is 5.91. The fourth-order valence-corrected chi connectivity index (χ4v) is 3.85. The summed E-state index contributed by atoms with van der Waals surface area (Å²) in [5.74, 6) is 0.589. The SMILES string of the molecule is N=CCN=NCc1ccc(Nc2nn(C3CCCCC3)c3cc[nH]c(=O)c23)cc1. The van der Waals surface area contributed by atoms with E-state index in [2.05, 4.69) is 20.5 Å². The molecule has 0 atom stereocenters. The van der Waals surface area contributed by atoms with Crippen molar-refractivity contribution in [1.29, 1.82) is 5.41 Å². The number of hydrogen-bond acceptors (Lipinski definition) is 6.